The van der Waals surface area contributed by atoms with Gasteiger partial charge in [0, 0.05) is 32.2 Å². The van der Waals surface area contributed by atoms with E-state index in [9.17, 15) is 0 Å². The summed E-state index contributed by atoms with van der Waals surface area (Å²) in [6.45, 7) is 13.9. The molecule has 2 rings (SSSR count). The molecule has 0 fully saturated rings. The van der Waals surface area contributed by atoms with E-state index in [1.807, 2.05) is 36.7 Å². The first kappa shape index (κ1) is 25.4. The third-order valence-electron chi connectivity index (χ3n) is 4.85. The molecule has 0 spiro atoms. The Kier molecular flexibility index (Phi) is 11.2. The SMILES string of the molecule is Cc1nnc(CNC(=NCc2ccccc2)NCCN(C(C)C)C(C)C)n1C.I. The number of guanidine groups is 1. The van der Waals surface area contributed by atoms with E-state index in [0.29, 0.717) is 25.2 Å². The van der Waals surface area contributed by atoms with Gasteiger partial charge in [-0.25, -0.2) is 4.99 Å². The van der Waals surface area contributed by atoms with Gasteiger partial charge in [-0.1, -0.05) is 30.3 Å². The molecule has 1 aromatic carbocycles. The Hall–Kier alpha value is -1.68. The Morgan fingerprint density at radius 1 is 1.07 bits per heavy atom. The molecule has 1 heterocycles. The van der Waals surface area contributed by atoms with Gasteiger partial charge in [-0.2, -0.15) is 0 Å². The molecule has 162 valence electrons. The molecular formula is C21H36IN7. The summed E-state index contributed by atoms with van der Waals surface area (Å²) in [7, 11) is 1.98. The van der Waals surface area contributed by atoms with Crippen LogP contribution in [-0.2, 0) is 20.1 Å². The van der Waals surface area contributed by atoms with E-state index in [1.54, 1.807) is 0 Å². The summed E-state index contributed by atoms with van der Waals surface area (Å²) in [5, 5.41) is 15.2. The van der Waals surface area contributed by atoms with Crippen LogP contribution in [0.3, 0.4) is 0 Å². The summed E-state index contributed by atoms with van der Waals surface area (Å²) in [6.07, 6.45) is 0. The largest absolute Gasteiger partial charge is 0.355 e. The lowest BCUT2D eigenvalue weighted by atomic mass is 10.2. The highest BCUT2D eigenvalue weighted by Crippen LogP contribution is 2.04. The van der Waals surface area contributed by atoms with Crippen molar-refractivity contribution in [2.24, 2.45) is 12.0 Å². The first-order chi connectivity index (χ1) is 13.4. The number of nitrogens with one attached hydrogen (secondary N) is 2. The number of aromatic nitrogens is 3. The van der Waals surface area contributed by atoms with Crippen LogP contribution in [0.1, 0.15) is 44.9 Å². The molecule has 2 aromatic rings. The van der Waals surface area contributed by atoms with Crippen LogP contribution >= 0.6 is 24.0 Å². The zero-order valence-corrected chi connectivity index (χ0v) is 20.8. The lowest BCUT2D eigenvalue weighted by Gasteiger charge is -2.30. The van der Waals surface area contributed by atoms with Crippen molar-refractivity contribution in [2.45, 2.75) is 59.8 Å². The summed E-state index contributed by atoms with van der Waals surface area (Å²) in [5.41, 5.74) is 1.18. The third-order valence-corrected chi connectivity index (χ3v) is 4.85. The molecule has 0 bridgehead atoms. The van der Waals surface area contributed by atoms with Crippen molar-refractivity contribution < 1.29 is 0 Å². The van der Waals surface area contributed by atoms with E-state index in [1.165, 1.54) is 5.56 Å². The van der Waals surface area contributed by atoms with Crippen LogP contribution in [0.4, 0.5) is 0 Å². The Morgan fingerprint density at radius 3 is 2.28 bits per heavy atom. The number of aliphatic imine (C=N–C) groups is 1. The van der Waals surface area contributed by atoms with Crippen LogP contribution in [0.5, 0.6) is 0 Å². The van der Waals surface area contributed by atoms with Crippen molar-refractivity contribution in [3.63, 3.8) is 0 Å². The molecule has 0 unspecified atom stereocenters. The predicted octanol–water partition coefficient (Wildman–Crippen LogP) is 3.10. The van der Waals surface area contributed by atoms with Crippen LogP contribution in [0.2, 0.25) is 0 Å². The smallest absolute Gasteiger partial charge is 0.192 e. The molecule has 7 nitrogen and oxygen atoms in total. The van der Waals surface area contributed by atoms with Crippen molar-refractivity contribution in [1.82, 2.24) is 30.3 Å². The molecule has 0 amide bonds. The minimum atomic E-state index is 0. The van der Waals surface area contributed by atoms with Gasteiger partial charge in [-0.05, 0) is 40.2 Å². The Balaban J connectivity index is 0.00000420. The summed E-state index contributed by atoms with van der Waals surface area (Å²) in [4.78, 5) is 7.22. The van der Waals surface area contributed by atoms with E-state index in [2.05, 4.69) is 65.6 Å². The average Bonchev–Trinajstić information content (AvgIpc) is 2.98. The van der Waals surface area contributed by atoms with Gasteiger partial charge in [0.25, 0.3) is 0 Å². The van der Waals surface area contributed by atoms with E-state index >= 15 is 0 Å². The summed E-state index contributed by atoms with van der Waals surface area (Å²) >= 11 is 0. The maximum absolute atomic E-state index is 4.75. The first-order valence-electron chi connectivity index (χ1n) is 10.0. The van der Waals surface area contributed by atoms with Gasteiger partial charge in [0.1, 0.15) is 5.82 Å². The molecule has 0 atom stereocenters. The number of hydrogen-bond acceptors (Lipinski definition) is 4. The quantitative estimate of drug-likeness (QED) is 0.307. The summed E-state index contributed by atoms with van der Waals surface area (Å²) < 4.78 is 1.99. The number of benzene rings is 1. The maximum Gasteiger partial charge on any atom is 0.192 e. The number of rotatable bonds is 9. The van der Waals surface area contributed by atoms with Crippen molar-refractivity contribution in [1.29, 1.82) is 0 Å². The maximum atomic E-state index is 4.75. The average molecular weight is 513 g/mol. The highest BCUT2D eigenvalue weighted by molar-refractivity contribution is 14.0. The fourth-order valence-electron chi connectivity index (χ4n) is 3.11. The van der Waals surface area contributed by atoms with Crippen molar-refractivity contribution in [2.75, 3.05) is 13.1 Å². The standard InChI is InChI=1S/C21H35N7.HI/c1-16(2)28(17(3)4)13-12-22-21(23-14-19-10-8-7-9-11-19)24-15-20-26-25-18(5)27(20)6;/h7-11,16-17H,12-15H2,1-6H3,(H2,22,23,24);1H. The fourth-order valence-corrected chi connectivity index (χ4v) is 3.11. The lowest BCUT2D eigenvalue weighted by molar-refractivity contribution is 0.178. The minimum absolute atomic E-state index is 0. The van der Waals surface area contributed by atoms with Crippen LogP contribution in [0, 0.1) is 6.92 Å². The number of hydrogen-bond donors (Lipinski definition) is 2. The van der Waals surface area contributed by atoms with Crippen molar-refractivity contribution in [3.8, 4) is 0 Å². The summed E-state index contributed by atoms with van der Waals surface area (Å²) in [6, 6.07) is 11.3. The molecule has 0 aliphatic heterocycles. The fraction of sp³-hybridized carbons (Fsp3) is 0.571. The van der Waals surface area contributed by atoms with E-state index < -0.39 is 0 Å². The highest BCUT2D eigenvalue weighted by atomic mass is 127. The number of nitrogens with zero attached hydrogens (tertiary/aromatic N) is 5. The topological polar surface area (TPSA) is 70.4 Å². The molecule has 0 aliphatic carbocycles. The Bertz CT molecular complexity index is 733. The van der Waals surface area contributed by atoms with Gasteiger partial charge in [-0.15, -0.1) is 34.2 Å². The molecule has 8 heteroatoms. The number of aryl methyl sites for hydroxylation is 1. The molecule has 0 saturated heterocycles. The van der Waals surface area contributed by atoms with Gasteiger partial charge >= 0.3 is 0 Å². The minimum Gasteiger partial charge on any atom is -0.355 e. The zero-order chi connectivity index (χ0) is 20.5. The third kappa shape index (κ3) is 8.30. The van der Waals surface area contributed by atoms with Crippen LogP contribution in [0.25, 0.3) is 0 Å². The van der Waals surface area contributed by atoms with E-state index in [-0.39, 0.29) is 24.0 Å². The Labute approximate surface area is 192 Å². The van der Waals surface area contributed by atoms with Crippen LogP contribution in [0.15, 0.2) is 35.3 Å². The van der Waals surface area contributed by atoms with E-state index in [0.717, 1.165) is 30.7 Å². The second-order valence-electron chi connectivity index (χ2n) is 7.58. The molecule has 29 heavy (non-hydrogen) atoms. The van der Waals surface area contributed by atoms with Crippen LogP contribution < -0.4 is 10.6 Å². The van der Waals surface area contributed by atoms with Gasteiger partial charge < -0.3 is 15.2 Å². The number of halogens is 1. The van der Waals surface area contributed by atoms with Crippen LogP contribution in [-0.4, -0.2) is 50.8 Å². The van der Waals surface area contributed by atoms with E-state index in [4.69, 9.17) is 4.99 Å². The van der Waals surface area contributed by atoms with Crippen molar-refractivity contribution >= 4 is 29.9 Å². The monoisotopic (exact) mass is 513 g/mol. The molecule has 0 saturated carbocycles. The Morgan fingerprint density at radius 2 is 1.72 bits per heavy atom. The van der Waals surface area contributed by atoms with Gasteiger partial charge in [0.15, 0.2) is 11.8 Å². The van der Waals surface area contributed by atoms with Gasteiger partial charge in [-0.3, -0.25) is 4.90 Å². The zero-order valence-electron chi connectivity index (χ0n) is 18.5. The van der Waals surface area contributed by atoms with Gasteiger partial charge in [0.2, 0.25) is 0 Å². The molecule has 2 N–H and O–H groups in total. The summed E-state index contributed by atoms with van der Waals surface area (Å²) in [5.74, 6) is 2.58. The molecule has 1 aromatic heterocycles. The first-order valence-corrected chi connectivity index (χ1v) is 10.0. The normalized spacial score (nSPS) is 11.8. The second kappa shape index (κ2) is 12.8. The molecular weight excluding hydrogens is 477 g/mol. The molecule has 0 radical (unpaired) electrons. The lowest BCUT2D eigenvalue weighted by Crippen LogP contribution is -2.45. The predicted molar refractivity (Wildman–Crippen MR) is 131 cm³/mol. The van der Waals surface area contributed by atoms with Crippen molar-refractivity contribution in [3.05, 3.63) is 47.5 Å². The second-order valence-corrected chi connectivity index (χ2v) is 7.58. The van der Waals surface area contributed by atoms with Gasteiger partial charge in [0.05, 0.1) is 13.1 Å². The molecule has 0 aliphatic rings. The highest BCUT2D eigenvalue weighted by Gasteiger charge is 2.13.